The van der Waals surface area contributed by atoms with Crippen molar-refractivity contribution in [2.45, 2.75) is 6.92 Å². The van der Waals surface area contributed by atoms with Crippen molar-refractivity contribution in [3.63, 3.8) is 0 Å². The molecule has 0 aliphatic heterocycles. The molecule has 52 heavy (non-hydrogen) atoms. The molecule has 7 aromatic carbocycles. The Hall–Kier alpha value is -6.42. The fourth-order valence-electron chi connectivity index (χ4n) is 8.07. The van der Waals surface area contributed by atoms with Gasteiger partial charge in [-0.2, -0.15) is 0 Å². The van der Waals surface area contributed by atoms with Gasteiger partial charge in [0.15, 0.2) is 0 Å². The van der Waals surface area contributed by atoms with Crippen LogP contribution >= 0.6 is 11.3 Å². The molecule has 0 saturated carbocycles. The molecule has 0 amide bonds. The second-order valence-electron chi connectivity index (χ2n) is 13.4. The summed E-state index contributed by atoms with van der Waals surface area (Å²) in [5, 5.41) is 7.56. The highest BCUT2D eigenvalue weighted by atomic mass is 32.1. The maximum Gasteiger partial charge on any atom is 0.0619 e. The van der Waals surface area contributed by atoms with E-state index in [9.17, 15) is 0 Å². The molecule has 0 aliphatic carbocycles. The summed E-state index contributed by atoms with van der Waals surface area (Å²) in [6, 6.07) is 57.1. The molecule has 10 rings (SSSR count). The van der Waals surface area contributed by atoms with Gasteiger partial charge in [-0.1, -0.05) is 122 Å². The van der Waals surface area contributed by atoms with E-state index >= 15 is 0 Å². The topological polar surface area (TPSA) is 9.86 Å². The molecular formula is C49H34N2S. The third-order valence-corrected chi connectivity index (χ3v) is 11.6. The van der Waals surface area contributed by atoms with Gasteiger partial charge in [-0.3, -0.25) is 0 Å². The van der Waals surface area contributed by atoms with Crippen LogP contribution in [0, 0.1) is 0 Å². The number of nitrogens with zero attached hydrogens (tertiary/aromatic N) is 2. The molecule has 3 aromatic heterocycles. The van der Waals surface area contributed by atoms with Crippen LogP contribution in [0.4, 0.5) is 0 Å². The summed E-state index contributed by atoms with van der Waals surface area (Å²) in [7, 11) is 0. The predicted octanol–water partition coefficient (Wildman–Crippen LogP) is 14.1. The Balaban J connectivity index is 1.09. The fourth-order valence-corrected chi connectivity index (χ4v) is 9.16. The molecule has 0 atom stereocenters. The summed E-state index contributed by atoms with van der Waals surface area (Å²) in [5.74, 6) is 0. The molecular weight excluding hydrogens is 649 g/mol. The second-order valence-corrected chi connectivity index (χ2v) is 14.4. The van der Waals surface area contributed by atoms with Gasteiger partial charge in [-0.15, -0.1) is 11.3 Å². The summed E-state index contributed by atoms with van der Waals surface area (Å²) >= 11 is 1.86. The number of para-hydroxylation sites is 4. The van der Waals surface area contributed by atoms with Gasteiger partial charge in [-0.05, 0) is 84.3 Å². The minimum absolute atomic E-state index is 0.918. The Morgan fingerprint density at radius 3 is 2.04 bits per heavy atom. The minimum atomic E-state index is 0.918. The third-order valence-electron chi connectivity index (χ3n) is 10.5. The van der Waals surface area contributed by atoms with Crippen LogP contribution < -0.4 is 0 Å². The molecule has 0 aliphatic rings. The number of aromatic nitrogens is 2. The number of hydrogen-bond acceptors (Lipinski definition) is 1. The second kappa shape index (κ2) is 12.1. The van der Waals surface area contributed by atoms with E-state index in [0.717, 1.165) is 22.5 Å². The van der Waals surface area contributed by atoms with Gasteiger partial charge in [0.25, 0.3) is 0 Å². The van der Waals surface area contributed by atoms with Crippen molar-refractivity contribution in [2.75, 3.05) is 0 Å². The first kappa shape index (κ1) is 30.4. The molecule has 0 fully saturated rings. The summed E-state index contributed by atoms with van der Waals surface area (Å²) in [4.78, 5) is 0. The maximum atomic E-state index is 4.69. The average molecular weight is 683 g/mol. The molecule has 246 valence electrons. The van der Waals surface area contributed by atoms with Crippen LogP contribution in [0.25, 0.3) is 91.9 Å². The Kier molecular flexibility index (Phi) is 7.09. The Labute approximate surface area is 306 Å². The van der Waals surface area contributed by atoms with Crippen LogP contribution in [-0.2, 0) is 0 Å². The number of thiophene rings is 1. The normalized spacial score (nSPS) is 12.4. The van der Waals surface area contributed by atoms with E-state index in [1.807, 2.05) is 11.3 Å². The number of allylic oxidation sites excluding steroid dienone is 5. The lowest BCUT2D eigenvalue weighted by Gasteiger charge is -2.12. The van der Waals surface area contributed by atoms with Gasteiger partial charge in [-0.25, -0.2) is 0 Å². The van der Waals surface area contributed by atoms with Crippen LogP contribution in [-0.4, -0.2) is 9.13 Å². The van der Waals surface area contributed by atoms with Crippen LogP contribution in [0.2, 0.25) is 0 Å². The molecule has 0 radical (unpaired) electrons. The lowest BCUT2D eigenvalue weighted by Crippen LogP contribution is -1.95. The van der Waals surface area contributed by atoms with Crippen molar-refractivity contribution in [2.24, 2.45) is 0 Å². The smallest absolute Gasteiger partial charge is 0.0619 e. The van der Waals surface area contributed by atoms with Gasteiger partial charge >= 0.3 is 0 Å². The fraction of sp³-hybridized carbons (Fsp3) is 0.0204. The Bertz CT molecular complexity index is 3090. The zero-order valence-electron chi connectivity index (χ0n) is 28.8. The van der Waals surface area contributed by atoms with Crippen LogP contribution in [0.15, 0.2) is 183 Å². The minimum Gasteiger partial charge on any atom is -0.309 e. The highest BCUT2D eigenvalue weighted by molar-refractivity contribution is 7.25. The molecule has 3 heteroatoms. The standard InChI is InChI=1S/C49H34N2S/c1-3-33(34-26-28-46-42(30-34)39-17-8-11-22-45(39)51(46)36-14-5-4-6-15-36)25-24-32(2)50-44-21-10-7-16-38(44)41-20-13-19-37(49(41)50)35-27-29-48-43(31-35)40-18-9-12-23-47(40)52-48/h3-31H,2H2,1H3/b25-24-,33-3+. The Morgan fingerprint density at radius 1 is 0.538 bits per heavy atom. The van der Waals surface area contributed by atoms with Gasteiger partial charge in [0.2, 0.25) is 0 Å². The zero-order valence-corrected chi connectivity index (χ0v) is 29.6. The van der Waals surface area contributed by atoms with Crippen molar-refractivity contribution < 1.29 is 0 Å². The number of rotatable bonds is 6. The first-order chi connectivity index (χ1) is 25.7. The summed E-state index contributed by atoms with van der Waals surface area (Å²) in [5.41, 5.74) is 11.6. The lowest BCUT2D eigenvalue weighted by molar-refractivity contribution is 1.18. The van der Waals surface area contributed by atoms with Gasteiger partial charge in [0, 0.05) is 58.7 Å². The highest BCUT2D eigenvalue weighted by Crippen LogP contribution is 2.41. The summed E-state index contributed by atoms with van der Waals surface area (Å²) < 4.78 is 7.34. The largest absolute Gasteiger partial charge is 0.309 e. The van der Waals surface area contributed by atoms with E-state index in [1.54, 1.807) is 0 Å². The molecule has 3 heterocycles. The van der Waals surface area contributed by atoms with E-state index in [2.05, 4.69) is 199 Å². The number of fused-ring (bicyclic) bond motifs is 9. The predicted molar refractivity (Wildman–Crippen MR) is 227 cm³/mol. The quantitative estimate of drug-likeness (QED) is 0.155. The van der Waals surface area contributed by atoms with Crippen molar-refractivity contribution in [3.05, 3.63) is 188 Å². The Morgan fingerprint density at radius 2 is 1.21 bits per heavy atom. The molecule has 10 aromatic rings. The maximum absolute atomic E-state index is 4.69. The third kappa shape index (κ3) is 4.71. The van der Waals surface area contributed by atoms with E-state index in [-0.39, 0.29) is 0 Å². The van der Waals surface area contributed by atoms with Crippen LogP contribution in [0.3, 0.4) is 0 Å². The SMILES string of the molecule is C=C(/C=C\C(=C/C)c1ccc2c(c1)c1ccccc1n2-c1ccccc1)n1c2ccccc2c2cccc(-c3ccc4sc5ccccc5c4c3)c21. The van der Waals surface area contributed by atoms with Gasteiger partial charge in [0.1, 0.15) is 0 Å². The summed E-state index contributed by atoms with van der Waals surface area (Å²) in [6.07, 6.45) is 6.58. The van der Waals surface area contributed by atoms with Crippen molar-refractivity contribution >= 4 is 86.4 Å². The molecule has 0 unspecified atom stereocenters. The summed E-state index contributed by atoms with van der Waals surface area (Å²) in [6.45, 7) is 6.80. The van der Waals surface area contributed by atoms with E-state index < -0.39 is 0 Å². The molecule has 0 N–H and O–H groups in total. The van der Waals surface area contributed by atoms with Crippen LogP contribution in [0.5, 0.6) is 0 Å². The number of hydrogen-bond donors (Lipinski definition) is 0. The molecule has 0 bridgehead atoms. The highest BCUT2D eigenvalue weighted by Gasteiger charge is 2.18. The average Bonchev–Trinajstić information content (AvgIpc) is 3.86. The molecule has 2 nitrogen and oxygen atoms in total. The molecule has 0 saturated heterocycles. The van der Waals surface area contributed by atoms with Crippen molar-refractivity contribution in [1.82, 2.24) is 9.13 Å². The van der Waals surface area contributed by atoms with E-state index in [1.165, 1.54) is 75.0 Å². The van der Waals surface area contributed by atoms with Crippen molar-refractivity contribution in [1.29, 1.82) is 0 Å². The first-order valence-corrected chi connectivity index (χ1v) is 18.6. The first-order valence-electron chi connectivity index (χ1n) is 17.7. The van der Waals surface area contributed by atoms with E-state index in [4.69, 9.17) is 0 Å². The van der Waals surface area contributed by atoms with Crippen LogP contribution in [0.1, 0.15) is 12.5 Å². The zero-order chi connectivity index (χ0) is 34.8. The van der Waals surface area contributed by atoms with Gasteiger partial charge in [0.05, 0.1) is 22.1 Å². The van der Waals surface area contributed by atoms with Crippen molar-refractivity contribution in [3.8, 4) is 16.8 Å². The number of benzene rings is 7. The lowest BCUT2D eigenvalue weighted by atomic mass is 10.00. The monoisotopic (exact) mass is 682 g/mol. The van der Waals surface area contributed by atoms with E-state index in [0.29, 0.717) is 0 Å². The van der Waals surface area contributed by atoms with Gasteiger partial charge < -0.3 is 9.13 Å². The molecule has 0 spiro atoms.